The van der Waals surface area contributed by atoms with Gasteiger partial charge in [-0.15, -0.1) is 23.5 Å². The zero-order valence-electron chi connectivity index (χ0n) is 21.6. The zero-order chi connectivity index (χ0) is 29.5. The molecule has 0 fully saturated rings. The zero-order valence-corrected chi connectivity index (χ0v) is 26.3. The number of halogens is 4. The number of nitrogens with one attached hydrogen (secondary N) is 2. The van der Waals surface area contributed by atoms with E-state index in [4.69, 9.17) is 55.9 Å². The van der Waals surface area contributed by atoms with Crippen molar-refractivity contribution < 1.29 is 19.1 Å². The topological polar surface area (TPSA) is 76.7 Å². The van der Waals surface area contributed by atoms with Gasteiger partial charge in [0.1, 0.15) is 0 Å². The molecule has 0 aromatic heterocycles. The van der Waals surface area contributed by atoms with Crippen LogP contribution in [0.1, 0.15) is 20.7 Å². The van der Waals surface area contributed by atoms with Crippen molar-refractivity contribution in [1.29, 1.82) is 0 Å². The van der Waals surface area contributed by atoms with Gasteiger partial charge in [0.2, 0.25) is 0 Å². The maximum Gasteiger partial charge on any atom is 0.255 e. The molecular weight excluding hydrogens is 646 g/mol. The third-order valence-corrected chi connectivity index (χ3v) is 9.03. The molecule has 0 aliphatic heterocycles. The van der Waals surface area contributed by atoms with Crippen molar-refractivity contribution in [2.24, 2.45) is 0 Å². The predicted octanol–water partition coefficient (Wildman–Crippen LogP) is 9.66. The summed E-state index contributed by atoms with van der Waals surface area (Å²) in [6.45, 7) is 0. The molecule has 6 nitrogen and oxygen atoms in total. The monoisotopic (exact) mass is 666 g/mol. The van der Waals surface area contributed by atoms with E-state index in [1.807, 2.05) is 48.5 Å². The van der Waals surface area contributed by atoms with E-state index in [0.717, 1.165) is 9.79 Å². The summed E-state index contributed by atoms with van der Waals surface area (Å²) in [5, 5.41) is 7.42. The Morgan fingerprint density at radius 2 is 0.976 bits per heavy atom. The van der Waals surface area contributed by atoms with Gasteiger partial charge in [-0.1, -0.05) is 70.7 Å². The number of hydrogen-bond acceptors (Lipinski definition) is 6. The van der Waals surface area contributed by atoms with Gasteiger partial charge in [-0.3, -0.25) is 9.59 Å². The van der Waals surface area contributed by atoms with E-state index >= 15 is 0 Å². The predicted molar refractivity (Wildman–Crippen MR) is 171 cm³/mol. The lowest BCUT2D eigenvalue weighted by Gasteiger charge is -2.14. The molecule has 0 spiro atoms. The molecule has 41 heavy (non-hydrogen) atoms. The minimum Gasteiger partial charge on any atom is -0.494 e. The van der Waals surface area contributed by atoms with Crippen LogP contribution in [0.25, 0.3) is 0 Å². The Morgan fingerprint density at radius 1 is 0.634 bits per heavy atom. The summed E-state index contributed by atoms with van der Waals surface area (Å²) in [4.78, 5) is 27.6. The van der Waals surface area contributed by atoms with Crippen LogP contribution in [0, 0.1) is 0 Å². The first kappa shape index (κ1) is 31.2. The van der Waals surface area contributed by atoms with Gasteiger partial charge in [0.05, 0.1) is 45.7 Å². The molecule has 0 saturated carbocycles. The number of para-hydroxylation sites is 2. The van der Waals surface area contributed by atoms with Crippen molar-refractivity contribution in [3.8, 4) is 11.5 Å². The van der Waals surface area contributed by atoms with E-state index in [2.05, 4.69) is 10.6 Å². The van der Waals surface area contributed by atoms with Gasteiger partial charge in [0.25, 0.3) is 11.8 Å². The van der Waals surface area contributed by atoms with Gasteiger partial charge in [-0.2, -0.15) is 0 Å². The molecule has 12 heteroatoms. The molecule has 2 amide bonds. The average molecular weight is 668 g/mol. The first-order chi connectivity index (χ1) is 19.7. The second kappa shape index (κ2) is 14.4. The summed E-state index contributed by atoms with van der Waals surface area (Å²) in [5.74, 6) is -0.0928. The Balaban J connectivity index is 1.43. The van der Waals surface area contributed by atoms with E-state index in [9.17, 15) is 9.59 Å². The largest absolute Gasteiger partial charge is 0.494 e. The summed E-state index contributed by atoms with van der Waals surface area (Å²) in [7, 11) is 2.91. The van der Waals surface area contributed by atoms with Crippen LogP contribution < -0.4 is 20.1 Å². The molecule has 0 bridgehead atoms. The molecule has 212 valence electrons. The number of rotatable bonds is 10. The minimum absolute atomic E-state index is 0.244. The van der Waals surface area contributed by atoms with E-state index in [-0.39, 0.29) is 31.9 Å². The third-order valence-electron chi connectivity index (χ3n) is 5.63. The van der Waals surface area contributed by atoms with Crippen LogP contribution in [0.3, 0.4) is 0 Å². The Morgan fingerprint density at radius 3 is 1.32 bits per heavy atom. The minimum atomic E-state index is -0.357. The number of thioether (sulfide) groups is 2. The highest BCUT2D eigenvalue weighted by Crippen LogP contribution is 2.38. The summed E-state index contributed by atoms with van der Waals surface area (Å²) in [6, 6.07) is 20.9. The van der Waals surface area contributed by atoms with Crippen molar-refractivity contribution in [1.82, 2.24) is 0 Å². The van der Waals surface area contributed by atoms with Gasteiger partial charge >= 0.3 is 0 Å². The molecule has 0 unspecified atom stereocenters. The van der Waals surface area contributed by atoms with Crippen LogP contribution in [-0.4, -0.2) is 31.1 Å². The first-order valence-corrected chi connectivity index (χ1v) is 15.3. The van der Waals surface area contributed by atoms with Crippen LogP contribution in [0.4, 0.5) is 11.4 Å². The van der Waals surface area contributed by atoms with E-state index < -0.39 is 0 Å². The van der Waals surface area contributed by atoms with E-state index in [0.29, 0.717) is 39.1 Å². The molecule has 4 aromatic rings. The normalized spacial score (nSPS) is 10.7. The molecule has 0 saturated heterocycles. The van der Waals surface area contributed by atoms with E-state index in [1.54, 1.807) is 0 Å². The van der Waals surface area contributed by atoms with Crippen LogP contribution in [0.5, 0.6) is 11.5 Å². The fourth-order valence-corrected chi connectivity index (χ4v) is 7.14. The number of ether oxygens (including phenoxy) is 2. The highest BCUT2D eigenvalue weighted by atomic mass is 35.5. The average Bonchev–Trinajstić information content (AvgIpc) is 2.94. The number of anilines is 2. The van der Waals surface area contributed by atoms with E-state index in [1.165, 1.54) is 62.0 Å². The van der Waals surface area contributed by atoms with Crippen LogP contribution >= 0.6 is 69.9 Å². The van der Waals surface area contributed by atoms with Crippen molar-refractivity contribution in [2.45, 2.75) is 9.79 Å². The lowest BCUT2D eigenvalue weighted by molar-refractivity contribution is 0.101. The number of methoxy groups -OCH3 is 2. The first-order valence-electron chi connectivity index (χ1n) is 11.8. The smallest absolute Gasteiger partial charge is 0.255 e. The molecule has 4 rings (SSSR count). The van der Waals surface area contributed by atoms with Crippen molar-refractivity contribution >= 4 is 93.1 Å². The van der Waals surface area contributed by atoms with Gasteiger partial charge < -0.3 is 20.1 Å². The second-order valence-electron chi connectivity index (χ2n) is 8.25. The van der Waals surface area contributed by atoms with Crippen LogP contribution in [-0.2, 0) is 0 Å². The summed E-state index contributed by atoms with van der Waals surface area (Å²) < 4.78 is 10.3. The van der Waals surface area contributed by atoms with Gasteiger partial charge in [0, 0.05) is 26.0 Å². The number of carbonyl (C=O) groups is 2. The number of benzene rings is 4. The van der Waals surface area contributed by atoms with Gasteiger partial charge in [-0.25, -0.2) is 0 Å². The highest BCUT2D eigenvalue weighted by molar-refractivity contribution is 8.16. The molecule has 0 radical (unpaired) electrons. The van der Waals surface area contributed by atoms with Crippen molar-refractivity contribution in [2.75, 3.05) is 29.9 Å². The SMILES string of the molecule is COc1c(Cl)cc(C(=O)Nc2ccccc2SCSc2ccccc2NC(=O)c2cc(Cl)c(OC)c(Cl)c2)cc1Cl. The fourth-order valence-electron chi connectivity index (χ4n) is 3.71. The standard InChI is InChI=1S/C29H22Cl4N2O4S2/c1-38-26-18(30)11-16(12-19(26)31)28(36)34-22-7-3-5-9-24(22)40-15-41-25-10-6-4-8-23(25)35-29(37)17-13-20(32)27(39-2)21(33)14-17/h3-14H,15H2,1-2H3,(H,34,36)(H,35,37). The third kappa shape index (κ3) is 7.77. The molecule has 2 N–H and O–H groups in total. The Hall–Kier alpha value is -2.72. The molecule has 4 aromatic carbocycles. The molecule has 0 atom stereocenters. The summed E-state index contributed by atoms with van der Waals surface area (Å²) in [5.41, 5.74) is 1.89. The molecule has 0 aliphatic carbocycles. The summed E-state index contributed by atoms with van der Waals surface area (Å²) >= 11 is 27.9. The maximum absolute atomic E-state index is 13.0. The Kier molecular flexibility index (Phi) is 11.0. The fraction of sp³-hybridized carbons (Fsp3) is 0.103. The van der Waals surface area contributed by atoms with Crippen molar-refractivity contribution in [3.05, 3.63) is 104 Å². The highest BCUT2D eigenvalue weighted by Gasteiger charge is 2.17. The molecule has 0 heterocycles. The van der Waals surface area contributed by atoms with Crippen LogP contribution in [0.2, 0.25) is 20.1 Å². The van der Waals surface area contributed by atoms with Crippen LogP contribution in [0.15, 0.2) is 82.6 Å². The van der Waals surface area contributed by atoms with Gasteiger partial charge in [0.15, 0.2) is 11.5 Å². The number of amides is 2. The molecule has 0 aliphatic rings. The quantitative estimate of drug-likeness (QED) is 0.130. The maximum atomic E-state index is 13.0. The molecular formula is C29H22Cl4N2O4S2. The van der Waals surface area contributed by atoms with Gasteiger partial charge in [-0.05, 0) is 48.5 Å². The summed E-state index contributed by atoms with van der Waals surface area (Å²) in [6.07, 6.45) is 0. The Bertz CT molecular complexity index is 1440. The number of carbonyl (C=O) groups excluding carboxylic acids is 2. The Labute approximate surface area is 266 Å². The lowest BCUT2D eigenvalue weighted by Crippen LogP contribution is -2.13. The second-order valence-corrected chi connectivity index (χ2v) is 12.3. The lowest BCUT2D eigenvalue weighted by atomic mass is 10.2. The van der Waals surface area contributed by atoms with Crippen molar-refractivity contribution in [3.63, 3.8) is 0 Å². The number of hydrogen-bond donors (Lipinski definition) is 2.